The van der Waals surface area contributed by atoms with Gasteiger partial charge in [-0.15, -0.1) is 0 Å². The lowest BCUT2D eigenvalue weighted by atomic mass is 9.88. The fraction of sp³-hybridized carbons (Fsp3) is 1.00. The van der Waals surface area contributed by atoms with Gasteiger partial charge in [-0.1, -0.05) is 27.7 Å². The predicted molar refractivity (Wildman–Crippen MR) is 68.0 cm³/mol. The summed E-state index contributed by atoms with van der Waals surface area (Å²) in [6, 6.07) is -0.223. The lowest BCUT2D eigenvalue weighted by Gasteiger charge is -2.29. The summed E-state index contributed by atoms with van der Waals surface area (Å²) >= 11 is 0. The van der Waals surface area contributed by atoms with E-state index in [-0.39, 0.29) is 27.9 Å². The highest BCUT2D eigenvalue weighted by Crippen LogP contribution is 2.40. The molecule has 1 rings (SSSR count). The summed E-state index contributed by atoms with van der Waals surface area (Å²) in [6.45, 7) is 9.83. The molecular weight excluding hydrogens is 222 g/mol. The van der Waals surface area contributed by atoms with Crippen molar-refractivity contribution in [2.24, 2.45) is 17.1 Å². The second-order valence-electron chi connectivity index (χ2n) is 6.13. The Morgan fingerprint density at radius 1 is 1.25 bits per heavy atom. The summed E-state index contributed by atoms with van der Waals surface area (Å²) in [5.74, 6) is 0.154. The van der Waals surface area contributed by atoms with Crippen molar-refractivity contribution in [2.75, 3.05) is 0 Å². The summed E-state index contributed by atoms with van der Waals surface area (Å²) in [5, 5.41) is -0.641. The van der Waals surface area contributed by atoms with E-state index < -0.39 is 9.84 Å². The largest absolute Gasteiger partial charge is 0.326 e. The molecule has 0 bridgehead atoms. The van der Waals surface area contributed by atoms with Crippen molar-refractivity contribution in [1.29, 1.82) is 0 Å². The molecule has 0 amide bonds. The summed E-state index contributed by atoms with van der Waals surface area (Å²) in [7, 11) is -3.08. The maximum atomic E-state index is 12.4. The number of rotatable bonds is 3. The van der Waals surface area contributed by atoms with E-state index in [2.05, 4.69) is 13.8 Å². The Morgan fingerprint density at radius 2 is 1.75 bits per heavy atom. The molecule has 16 heavy (non-hydrogen) atoms. The molecule has 0 aromatic carbocycles. The van der Waals surface area contributed by atoms with Crippen molar-refractivity contribution in [2.45, 2.75) is 64.0 Å². The molecule has 4 heteroatoms. The minimum atomic E-state index is -3.08. The highest BCUT2D eigenvalue weighted by atomic mass is 32.2. The topological polar surface area (TPSA) is 60.2 Å². The first-order valence-corrected chi connectivity index (χ1v) is 7.70. The molecule has 3 unspecified atom stereocenters. The molecule has 1 aliphatic carbocycles. The summed E-state index contributed by atoms with van der Waals surface area (Å²) in [4.78, 5) is 0. The van der Waals surface area contributed by atoms with Crippen LogP contribution in [-0.2, 0) is 9.84 Å². The van der Waals surface area contributed by atoms with Gasteiger partial charge in [-0.3, -0.25) is 0 Å². The summed E-state index contributed by atoms with van der Waals surface area (Å²) in [6.07, 6.45) is 1.62. The van der Waals surface area contributed by atoms with Crippen LogP contribution < -0.4 is 5.73 Å². The van der Waals surface area contributed by atoms with Crippen LogP contribution in [0.1, 0.15) is 47.5 Å². The van der Waals surface area contributed by atoms with Crippen molar-refractivity contribution in [3.05, 3.63) is 0 Å². The van der Waals surface area contributed by atoms with Crippen molar-refractivity contribution in [1.82, 2.24) is 0 Å². The van der Waals surface area contributed by atoms with E-state index in [0.717, 1.165) is 6.42 Å². The molecular formula is C12H25NO2S. The molecule has 0 spiro atoms. The molecule has 0 aromatic heterocycles. The first-order chi connectivity index (χ1) is 7.10. The molecule has 0 heterocycles. The van der Waals surface area contributed by atoms with Crippen molar-refractivity contribution < 1.29 is 8.42 Å². The highest BCUT2D eigenvalue weighted by Gasteiger charge is 2.47. The molecule has 0 radical (unpaired) electrons. The third kappa shape index (κ3) is 2.28. The Kier molecular flexibility index (Phi) is 3.75. The van der Waals surface area contributed by atoms with Crippen LogP contribution in [-0.4, -0.2) is 25.0 Å². The monoisotopic (exact) mass is 247 g/mol. The van der Waals surface area contributed by atoms with Gasteiger partial charge in [0.1, 0.15) is 0 Å². The van der Waals surface area contributed by atoms with Gasteiger partial charge in [0.05, 0.1) is 10.5 Å². The first-order valence-electron chi connectivity index (χ1n) is 6.09. The molecule has 0 aliphatic heterocycles. The number of hydrogen-bond donors (Lipinski definition) is 1. The fourth-order valence-electron chi connectivity index (χ4n) is 2.39. The number of hydrogen-bond acceptors (Lipinski definition) is 3. The van der Waals surface area contributed by atoms with Crippen LogP contribution in [0.3, 0.4) is 0 Å². The molecule has 1 fully saturated rings. The van der Waals surface area contributed by atoms with Gasteiger partial charge >= 0.3 is 0 Å². The van der Waals surface area contributed by atoms with Gasteiger partial charge in [-0.05, 0) is 31.1 Å². The van der Waals surface area contributed by atoms with Crippen LogP contribution in [0.15, 0.2) is 0 Å². The Balaban J connectivity index is 2.96. The molecule has 0 aromatic rings. The first kappa shape index (κ1) is 14.0. The quantitative estimate of drug-likeness (QED) is 0.829. The lowest BCUT2D eigenvalue weighted by Crippen LogP contribution is -2.46. The maximum absolute atomic E-state index is 12.4. The maximum Gasteiger partial charge on any atom is 0.157 e. The Bertz CT molecular complexity index is 346. The van der Waals surface area contributed by atoms with Crippen LogP contribution >= 0.6 is 0 Å². The summed E-state index contributed by atoms with van der Waals surface area (Å²) in [5.41, 5.74) is 6.05. The zero-order valence-corrected chi connectivity index (χ0v) is 11.8. The number of nitrogens with two attached hydrogens (primary N) is 1. The van der Waals surface area contributed by atoms with Gasteiger partial charge in [0, 0.05) is 6.04 Å². The molecule has 1 saturated carbocycles. The Morgan fingerprint density at radius 3 is 2.06 bits per heavy atom. The molecule has 96 valence electrons. The highest BCUT2D eigenvalue weighted by molar-refractivity contribution is 7.92. The minimum absolute atomic E-state index is 0.0472. The molecule has 0 saturated heterocycles. The van der Waals surface area contributed by atoms with Gasteiger partial charge in [0.15, 0.2) is 9.84 Å². The van der Waals surface area contributed by atoms with E-state index in [4.69, 9.17) is 5.73 Å². The van der Waals surface area contributed by atoms with Crippen molar-refractivity contribution in [3.63, 3.8) is 0 Å². The van der Waals surface area contributed by atoms with E-state index in [1.807, 2.05) is 13.8 Å². The predicted octanol–water partition coefficient (Wildman–Crippen LogP) is 1.96. The van der Waals surface area contributed by atoms with Crippen LogP contribution in [0.2, 0.25) is 0 Å². The second-order valence-corrected chi connectivity index (χ2v) is 8.66. The molecule has 3 atom stereocenters. The average Bonchev–Trinajstić information content (AvgIpc) is 2.41. The lowest BCUT2D eigenvalue weighted by molar-refractivity contribution is 0.332. The van der Waals surface area contributed by atoms with Gasteiger partial charge in [-0.2, -0.15) is 0 Å². The Hall–Kier alpha value is -0.0900. The van der Waals surface area contributed by atoms with E-state index in [1.165, 1.54) is 0 Å². The van der Waals surface area contributed by atoms with Gasteiger partial charge in [0.2, 0.25) is 0 Å². The fourth-order valence-corrected chi connectivity index (χ4v) is 4.92. The van der Waals surface area contributed by atoms with Crippen LogP contribution in [0, 0.1) is 11.3 Å². The zero-order valence-electron chi connectivity index (χ0n) is 11.0. The molecule has 1 aliphatic rings. The third-order valence-corrected chi connectivity index (χ3v) is 7.21. The van der Waals surface area contributed by atoms with Gasteiger partial charge < -0.3 is 5.73 Å². The van der Waals surface area contributed by atoms with E-state index >= 15 is 0 Å². The third-order valence-electron chi connectivity index (χ3n) is 4.26. The van der Waals surface area contributed by atoms with E-state index in [0.29, 0.717) is 6.42 Å². The smallest absolute Gasteiger partial charge is 0.157 e. The zero-order chi connectivity index (χ0) is 12.7. The number of sulfone groups is 1. The Labute approximate surface area is 99.7 Å². The van der Waals surface area contributed by atoms with Crippen LogP contribution in [0.25, 0.3) is 0 Å². The van der Waals surface area contributed by atoms with Crippen molar-refractivity contribution >= 4 is 9.84 Å². The standard InChI is InChI=1S/C12H25NO2S/c1-8(2)9(3)16(14,15)10-6-7-12(4,5)11(10)13/h8-11H,6-7,13H2,1-5H3. The van der Waals surface area contributed by atoms with Gasteiger partial charge in [0.25, 0.3) is 0 Å². The van der Waals surface area contributed by atoms with E-state index in [9.17, 15) is 8.42 Å². The molecule has 3 nitrogen and oxygen atoms in total. The van der Waals surface area contributed by atoms with E-state index in [1.54, 1.807) is 6.92 Å². The van der Waals surface area contributed by atoms with Crippen LogP contribution in [0.5, 0.6) is 0 Å². The van der Waals surface area contributed by atoms with Crippen molar-refractivity contribution in [3.8, 4) is 0 Å². The SMILES string of the molecule is CC(C)C(C)S(=O)(=O)C1CCC(C)(C)C1N. The van der Waals surface area contributed by atoms with Crippen LogP contribution in [0.4, 0.5) is 0 Å². The molecule has 2 N–H and O–H groups in total. The second kappa shape index (κ2) is 4.30. The normalized spacial score (nSPS) is 31.9. The average molecular weight is 247 g/mol. The van der Waals surface area contributed by atoms with Gasteiger partial charge in [-0.25, -0.2) is 8.42 Å². The minimum Gasteiger partial charge on any atom is -0.326 e. The summed E-state index contributed by atoms with van der Waals surface area (Å²) < 4.78 is 24.8.